The summed E-state index contributed by atoms with van der Waals surface area (Å²) in [5.74, 6) is -0.455. The highest BCUT2D eigenvalue weighted by Crippen LogP contribution is 2.34. The van der Waals surface area contributed by atoms with Crippen LogP contribution in [0.4, 0.5) is 15.3 Å². The second-order valence-corrected chi connectivity index (χ2v) is 12.2. The molecular weight excluding hydrogens is 508 g/mol. The summed E-state index contributed by atoms with van der Waals surface area (Å²) in [5.41, 5.74) is 4.11. The second kappa shape index (κ2) is 10.3. The summed E-state index contributed by atoms with van der Waals surface area (Å²) in [6.07, 6.45) is -0.104. The van der Waals surface area contributed by atoms with Gasteiger partial charge >= 0.3 is 12.1 Å². The fourth-order valence-corrected chi connectivity index (χ4v) is 6.70. The van der Waals surface area contributed by atoms with Crippen LogP contribution in [0.3, 0.4) is 0 Å². The minimum atomic E-state index is -3.94. The molecule has 4 amide bonds. The molecule has 0 N–H and O–H groups in total. The van der Waals surface area contributed by atoms with Crippen LogP contribution in [0.25, 0.3) is 0 Å². The van der Waals surface area contributed by atoms with E-state index in [0.29, 0.717) is 53.8 Å². The minimum Gasteiger partial charge on any atom is -0.444 e. The summed E-state index contributed by atoms with van der Waals surface area (Å²) in [7, 11) is -3.94. The van der Waals surface area contributed by atoms with Gasteiger partial charge in [-0.3, -0.25) is 4.79 Å². The van der Waals surface area contributed by atoms with Crippen molar-refractivity contribution in [3.8, 4) is 0 Å². The van der Waals surface area contributed by atoms with E-state index in [2.05, 4.69) is 23.1 Å². The van der Waals surface area contributed by atoms with Gasteiger partial charge in [-0.1, -0.05) is 42.5 Å². The van der Waals surface area contributed by atoms with Crippen molar-refractivity contribution >= 4 is 33.7 Å². The van der Waals surface area contributed by atoms with Crippen LogP contribution >= 0.6 is 0 Å². The third-order valence-electron chi connectivity index (χ3n) is 7.31. The number of piperazine rings is 1. The molecule has 0 bridgehead atoms. The quantitative estimate of drug-likeness (QED) is 0.555. The molecule has 38 heavy (non-hydrogen) atoms. The predicted molar refractivity (Wildman–Crippen MR) is 141 cm³/mol. The van der Waals surface area contributed by atoms with Gasteiger partial charge in [0.2, 0.25) is 15.9 Å². The lowest BCUT2D eigenvalue weighted by Crippen LogP contribution is -2.55. The number of anilines is 1. The number of imide groups is 1. The van der Waals surface area contributed by atoms with Crippen LogP contribution in [0.5, 0.6) is 0 Å². The van der Waals surface area contributed by atoms with E-state index in [1.807, 2.05) is 19.9 Å². The highest BCUT2D eigenvalue weighted by atomic mass is 32.2. The van der Waals surface area contributed by atoms with Crippen molar-refractivity contribution in [1.82, 2.24) is 14.1 Å². The SMILES string of the molecule is Cc1ccc(C)c(N2CCN(C(=O)C3CN(S(=O)(=O)C4CC4)C(=O)N3C(=O)OCc3ccccc3)CC2)c1. The molecule has 2 heterocycles. The van der Waals surface area contributed by atoms with Crippen LogP contribution < -0.4 is 4.90 Å². The number of hydrogen-bond acceptors (Lipinski definition) is 7. The van der Waals surface area contributed by atoms with Gasteiger partial charge in [-0.15, -0.1) is 0 Å². The Balaban J connectivity index is 1.32. The molecule has 3 aliphatic rings. The summed E-state index contributed by atoms with van der Waals surface area (Å²) in [5, 5.41) is -0.649. The summed E-state index contributed by atoms with van der Waals surface area (Å²) >= 11 is 0. The van der Waals surface area contributed by atoms with Crippen LogP contribution in [-0.4, -0.2) is 84.6 Å². The van der Waals surface area contributed by atoms with Crippen molar-refractivity contribution in [3.63, 3.8) is 0 Å². The van der Waals surface area contributed by atoms with Crippen molar-refractivity contribution in [2.75, 3.05) is 37.6 Å². The molecule has 0 radical (unpaired) electrons. The van der Waals surface area contributed by atoms with Crippen molar-refractivity contribution < 1.29 is 27.5 Å². The highest BCUT2D eigenvalue weighted by Gasteiger charge is 2.54. The molecule has 1 saturated carbocycles. The Morgan fingerprint density at radius 3 is 2.32 bits per heavy atom. The highest BCUT2D eigenvalue weighted by molar-refractivity contribution is 7.90. The van der Waals surface area contributed by atoms with Gasteiger partial charge in [0.25, 0.3) is 0 Å². The van der Waals surface area contributed by atoms with Crippen molar-refractivity contribution in [3.05, 3.63) is 65.2 Å². The van der Waals surface area contributed by atoms with E-state index in [1.54, 1.807) is 29.2 Å². The summed E-state index contributed by atoms with van der Waals surface area (Å²) < 4.78 is 31.9. The Morgan fingerprint density at radius 1 is 0.974 bits per heavy atom. The maximum atomic E-state index is 13.6. The monoisotopic (exact) mass is 540 g/mol. The van der Waals surface area contributed by atoms with Gasteiger partial charge in [0.1, 0.15) is 12.6 Å². The van der Waals surface area contributed by atoms with Crippen molar-refractivity contribution in [2.45, 2.75) is 44.6 Å². The van der Waals surface area contributed by atoms with E-state index >= 15 is 0 Å². The fraction of sp³-hybridized carbons (Fsp3) is 0.444. The van der Waals surface area contributed by atoms with Gasteiger partial charge in [0.15, 0.2) is 0 Å². The average Bonchev–Trinajstić information content (AvgIpc) is 3.72. The van der Waals surface area contributed by atoms with Crippen LogP contribution in [-0.2, 0) is 26.2 Å². The zero-order valence-corrected chi connectivity index (χ0v) is 22.4. The summed E-state index contributed by atoms with van der Waals surface area (Å²) in [4.78, 5) is 44.4. The van der Waals surface area contributed by atoms with E-state index in [0.717, 1.165) is 16.8 Å². The molecule has 1 atom stereocenters. The molecule has 1 unspecified atom stereocenters. The number of benzene rings is 2. The number of rotatable bonds is 6. The number of amides is 4. The predicted octanol–water partition coefficient (Wildman–Crippen LogP) is 2.89. The van der Waals surface area contributed by atoms with Crippen molar-refractivity contribution in [1.29, 1.82) is 0 Å². The number of nitrogens with zero attached hydrogens (tertiary/aromatic N) is 4. The lowest BCUT2D eigenvalue weighted by molar-refractivity contribution is -0.135. The number of sulfonamides is 1. The molecule has 202 valence electrons. The number of aryl methyl sites for hydroxylation is 2. The Bertz CT molecular complexity index is 1340. The Hall–Kier alpha value is -3.60. The zero-order chi connectivity index (χ0) is 27.0. The van der Waals surface area contributed by atoms with Gasteiger partial charge in [-0.25, -0.2) is 27.2 Å². The van der Waals surface area contributed by atoms with Crippen LogP contribution in [0.1, 0.15) is 29.5 Å². The maximum absolute atomic E-state index is 13.6. The molecule has 11 heteroatoms. The summed E-state index contributed by atoms with van der Waals surface area (Å²) in [6, 6.07) is 12.9. The van der Waals surface area contributed by atoms with Gasteiger partial charge in [-0.05, 0) is 49.4 Å². The van der Waals surface area contributed by atoms with Gasteiger partial charge in [-0.2, -0.15) is 0 Å². The number of carbonyl (C=O) groups is 3. The lowest BCUT2D eigenvalue weighted by atomic mass is 10.1. The molecule has 1 aliphatic carbocycles. The van der Waals surface area contributed by atoms with Crippen molar-refractivity contribution in [2.24, 2.45) is 0 Å². The third kappa shape index (κ3) is 5.07. The van der Waals surface area contributed by atoms with E-state index < -0.39 is 45.9 Å². The molecule has 2 aromatic rings. The van der Waals surface area contributed by atoms with Gasteiger partial charge in [0.05, 0.1) is 11.8 Å². The minimum absolute atomic E-state index is 0.103. The molecule has 2 aliphatic heterocycles. The molecule has 2 aromatic carbocycles. The first-order chi connectivity index (χ1) is 18.2. The maximum Gasteiger partial charge on any atom is 0.419 e. The van der Waals surface area contributed by atoms with E-state index in [4.69, 9.17) is 4.74 Å². The van der Waals surface area contributed by atoms with E-state index in [-0.39, 0.29) is 6.61 Å². The fourth-order valence-electron chi connectivity index (χ4n) is 4.95. The second-order valence-electron chi connectivity index (χ2n) is 10.1. The first-order valence-corrected chi connectivity index (χ1v) is 14.3. The molecule has 0 aromatic heterocycles. The molecule has 10 nitrogen and oxygen atoms in total. The molecule has 0 spiro atoms. The largest absolute Gasteiger partial charge is 0.444 e. The topological polar surface area (TPSA) is 108 Å². The zero-order valence-electron chi connectivity index (χ0n) is 21.6. The number of hydrogen-bond donors (Lipinski definition) is 0. The molecule has 5 rings (SSSR count). The van der Waals surface area contributed by atoms with E-state index in [9.17, 15) is 22.8 Å². The molecule has 3 fully saturated rings. The number of urea groups is 1. The number of ether oxygens (including phenoxy) is 1. The average molecular weight is 541 g/mol. The van der Waals surface area contributed by atoms with Crippen LogP contribution in [0.15, 0.2) is 48.5 Å². The molecule has 2 saturated heterocycles. The van der Waals surface area contributed by atoms with Crippen LogP contribution in [0, 0.1) is 13.8 Å². The Kier molecular flexibility index (Phi) is 7.04. The third-order valence-corrected chi connectivity index (χ3v) is 9.54. The standard InChI is InChI=1S/C27H32N4O6S/c1-19-8-9-20(2)23(16-19)28-12-14-29(15-13-28)25(32)24-17-30(38(35,36)22-10-11-22)26(33)31(24)27(34)37-18-21-6-4-3-5-7-21/h3-9,16,22,24H,10-15,17-18H2,1-2H3. The smallest absolute Gasteiger partial charge is 0.419 e. The first kappa shape index (κ1) is 26.0. The lowest BCUT2D eigenvalue weighted by Gasteiger charge is -2.38. The number of carbonyl (C=O) groups excluding carboxylic acids is 3. The Labute approximate surface area is 222 Å². The Morgan fingerprint density at radius 2 is 1.66 bits per heavy atom. The normalized spacial score (nSPS) is 20.2. The summed E-state index contributed by atoms with van der Waals surface area (Å²) in [6.45, 7) is 5.52. The van der Waals surface area contributed by atoms with Crippen LogP contribution in [0.2, 0.25) is 0 Å². The van der Waals surface area contributed by atoms with E-state index in [1.165, 1.54) is 0 Å². The first-order valence-electron chi connectivity index (χ1n) is 12.8. The van der Waals surface area contributed by atoms with Gasteiger partial charge < -0.3 is 14.5 Å². The molecular formula is C27H32N4O6S. The van der Waals surface area contributed by atoms with Gasteiger partial charge in [0, 0.05) is 31.9 Å².